The number of nitrogens with one attached hydrogen (secondary N) is 2. The summed E-state index contributed by atoms with van der Waals surface area (Å²) >= 11 is 1.27. The van der Waals surface area contributed by atoms with Crippen LogP contribution in [0.25, 0.3) is 0 Å². The molecule has 1 unspecified atom stereocenters. The molecular weight excluding hydrogens is 456 g/mol. The first kappa shape index (κ1) is 27.0. The van der Waals surface area contributed by atoms with Gasteiger partial charge in [-0.1, -0.05) is 38.5 Å². The molecule has 2 aromatic rings. The Hall–Kier alpha value is -3.20. The smallest absolute Gasteiger partial charge is 0.341 e. The van der Waals surface area contributed by atoms with E-state index in [0.717, 1.165) is 16.0 Å². The third kappa shape index (κ3) is 6.90. The Kier molecular flexibility index (Phi) is 9.80. The molecule has 0 aliphatic rings. The van der Waals surface area contributed by atoms with Crippen LogP contribution >= 0.6 is 11.3 Å². The van der Waals surface area contributed by atoms with Gasteiger partial charge < -0.3 is 20.1 Å². The number of anilines is 1. The van der Waals surface area contributed by atoms with Gasteiger partial charge in [-0.15, -0.1) is 11.3 Å². The number of rotatable bonds is 10. The molecule has 0 spiro atoms. The fourth-order valence-electron chi connectivity index (χ4n) is 3.33. The Balaban J connectivity index is 2.04. The number of ether oxygens (including phenoxy) is 2. The van der Waals surface area contributed by atoms with E-state index in [0.29, 0.717) is 22.5 Å². The first-order valence-electron chi connectivity index (χ1n) is 11.2. The van der Waals surface area contributed by atoms with Gasteiger partial charge in [-0.05, 0) is 50.8 Å². The van der Waals surface area contributed by atoms with E-state index in [1.165, 1.54) is 11.3 Å². The molecule has 0 aliphatic carbocycles. The van der Waals surface area contributed by atoms with Crippen molar-refractivity contribution in [1.29, 1.82) is 0 Å². The SMILES string of the molecule is CCOC(=O)c1c(NC(=O)COC(=O)C(NC(=O)c2ccc(C)cc2)C(C)C)sc(C)c1CC. The van der Waals surface area contributed by atoms with Crippen LogP contribution in [0.4, 0.5) is 5.00 Å². The summed E-state index contributed by atoms with van der Waals surface area (Å²) in [5.41, 5.74) is 2.58. The number of hydrogen-bond donors (Lipinski definition) is 2. The molecule has 1 atom stereocenters. The number of benzene rings is 1. The Morgan fingerprint density at radius 2 is 1.65 bits per heavy atom. The molecule has 8 nitrogen and oxygen atoms in total. The van der Waals surface area contributed by atoms with Crippen molar-refractivity contribution in [3.63, 3.8) is 0 Å². The van der Waals surface area contributed by atoms with Crippen LogP contribution in [0.1, 0.15) is 64.4 Å². The van der Waals surface area contributed by atoms with Crippen molar-refractivity contribution in [3.05, 3.63) is 51.4 Å². The van der Waals surface area contributed by atoms with Crippen molar-refractivity contribution in [2.75, 3.05) is 18.5 Å². The quantitative estimate of drug-likeness (QED) is 0.489. The van der Waals surface area contributed by atoms with E-state index in [9.17, 15) is 19.2 Å². The van der Waals surface area contributed by atoms with Crippen LogP contribution in [-0.4, -0.2) is 43.0 Å². The first-order valence-corrected chi connectivity index (χ1v) is 12.0. The highest BCUT2D eigenvalue weighted by molar-refractivity contribution is 7.16. The Morgan fingerprint density at radius 3 is 2.21 bits per heavy atom. The van der Waals surface area contributed by atoms with Gasteiger partial charge in [-0.2, -0.15) is 0 Å². The number of hydrogen-bond acceptors (Lipinski definition) is 7. The predicted octanol–water partition coefficient (Wildman–Crippen LogP) is 4.04. The summed E-state index contributed by atoms with van der Waals surface area (Å²) in [5.74, 6) is -2.47. The summed E-state index contributed by atoms with van der Waals surface area (Å²) in [5, 5.41) is 5.70. The largest absolute Gasteiger partial charge is 0.462 e. The van der Waals surface area contributed by atoms with Gasteiger partial charge in [0.05, 0.1) is 12.2 Å². The topological polar surface area (TPSA) is 111 Å². The van der Waals surface area contributed by atoms with Crippen molar-refractivity contribution in [2.45, 2.75) is 54.0 Å². The zero-order valence-corrected chi connectivity index (χ0v) is 21.3. The highest BCUT2D eigenvalue weighted by Crippen LogP contribution is 2.34. The van der Waals surface area contributed by atoms with Crippen molar-refractivity contribution in [2.24, 2.45) is 5.92 Å². The molecule has 2 N–H and O–H groups in total. The second kappa shape index (κ2) is 12.3. The minimum atomic E-state index is -0.924. The summed E-state index contributed by atoms with van der Waals surface area (Å²) in [7, 11) is 0. The van der Waals surface area contributed by atoms with E-state index in [-0.39, 0.29) is 12.5 Å². The Labute approximate surface area is 204 Å². The molecule has 0 radical (unpaired) electrons. The van der Waals surface area contributed by atoms with Gasteiger partial charge in [0.1, 0.15) is 11.0 Å². The first-order chi connectivity index (χ1) is 16.1. The molecule has 9 heteroatoms. The van der Waals surface area contributed by atoms with Crippen molar-refractivity contribution < 1.29 is 28.7 Å². The summed E-state index contributed by atoms with van der Waals surface area (Å²) in [6.45, 7) is 10.6. The zero-order valence-electron chi connectivity index (χ0n) is 20.4. The fourth-order valence-corrected chi connectivity index (χ4v) is 4.48. The molecular formula is C25H32N2O6S. The van der Waals surface area contributed by atoms with E-state index in [2.05, 4.69) is 10.6 Å². The van der Waals surface area contributed by atoms with Gasteiger partial charge in [-0.25, -0.2) is 9.59 Å². The lowest BCUT2D eigenvalue weighted by atomic mass is 10.0. The van der Waals surface area contributed by atoms with Gasteiger partial charge in [0, 0.05) is 10.4 Å². The van der Waals surface area contributed by atoms with Crippen LogP contribution in [0, 0.1) is 19.8 Å². The minimum Gasteiger partial charge on any atom is -0.462 e. The molecule has 0 fully saturated rings. The van der Waals surface area contributed by atoms with Crippen LogP contribution in [0.15, 0.2) is 24.3 Å². The van der Waals surface area contributed by atoms with Gasteiger partial charge in [0.25, 0.3) is 11.8 Å². The molecule has 0 aliphatic heterocycles. The van der Waals surface area contributed by atoms with E-state index in [4.69, 9.17) is 9.47 Å². The molecule has 2 rings (SSSR count). The number of aryl methyl sites for hydroxylation is 2. The second-order valence-electron chi connectivity index (χ2n) is 8.13. The molecule has 1 aromatic carbocycles. The van der Waals surface area contributed by atoms with Crippen LogP contribution in [-0.2, 0) is 25.5 Å². The lowest BCUT2D eigenvalue weighted by molar-refractivity contribution is -0.150. The number of amides is 2. The average Bonchev–Trinajstić information content (AvgIpc) is 3.10. The van der Waals surface area contributed by atoms with Crippen molar-refractivity contribution in [1.82, 2.24) is 5.32 Å². The minimum absolute atomic E-state index is 0.215. The highest BCUT2D eigenvalue weighted by Gasteiger charge is 2.28. The van der Waals surface area contributed by atoms with Gasteiger partial charge >= 0.3 is 11.9 Å². The maximum Gasteiger partial charge on any atom is 0.341 e. The summed E-state index contributed by atoms with van der Waals surface area (Å²) < 4.78 is 10.3. The predicted molar refractivity (Wildman–Crippen MR) is 131 cm³/mol. The number of esters is 2. The van der Waals surface area contributed by atoms with Gasteiger partial charge in [0.2, 0.25) is 0 Å². The molecule has 0 bridgehead atoms. The van der Waals surface area contributed by atoms with Crippen molar-refractivity contribution >= 4 is 40.1 Å². The maximum atomic E-state index is 12.6. The standard InChI is InChI=1S/C25H32N2O6S/c1-7-18-16(6)34-23(20(18)24(30)32-8-2)26-19(28)13-33-25(31)21(14(3)4)27-22(29)17-11-9-15(5)10-12-17/h9-12,14,21H,7-8,13H2,1-6H3,(H,26,28)(H,27,29). The number of carbonyl (C=O) groups excluding carboxylic acids is 4. The molecule has 0 saturated carbocycles. The number of carbonyl (C=O) groups is 4. The average molecular weight is 489 g/mol. The van der Waals surface area contributed by atoms with E-state index >= 15 is 0 Å². The van der Waals surface area contributed by atoms with Crippen LogP contribution < -0.4 is 10.6 Å². The van der Waals surface area contributed by atoms with E-state index in [1.807, 2.05) is 32.9 Å². The number of thiophene rings is 1. The summed E-state index contributed by atoms with van der Waals surface area (Å²) in [6, 6.07) is 6.05. The van der Waals surface area contributed by atoms with E-state index < -0.39 is 36.4 Å². The molecule has 184 valence electrons. The Morgan fingerprint density at radius 1 is 1.00 bits per heavy atom. The maximum absolute atomic E-state index is 12.6. The normalized spacial score (nSPS) is 11.6. The highest BCUT2D eigenvalue weighted by atomic mass is 32.1. The van der Waals surface area contributed by atoms with Gasteiger partial charge in [0.15, 0.2) is 6.61 Å². The summed E-state index contributed by atoms with van der Waals surface area (Å²) in [4.78, 5) is 51.0. The lowest BCUT2D eigenvalue weighted by Gasteiger charge is -2.20. The molecule has 0 saturated heterocycles. The molecule has 1 heterocycles. The van der Waals surface area contributed by atoms with Crippen LogP contribution in [0.2, 0.25) is 0 Å². The summed E-state index contributed by atoms with van der Waals surface area (Å²) in [6.07, 6.45) is 0.609. The van der Waals surface area contributed by atoms with Crippen molar-refractivity contribution in [3.8, 4) is 0 Å². The molecule has 2 amide bonds. The molecule has 1 aromatic heterocycles. The lowest BCUT2D eigenvalue weighted by Crippen LogP contribution is -2.45. The van der Waals surface area contributed by atoms with Crippen LogP contribution in [0.5, 0.6) is 0 Å². The third-order valence-electron chi connectivity index (χ3n) is 5.16. The zero-order chi connectivity index (χ0) is 25.4. The van der Waals surface area contributed by atoms with Gasteiger partial charge in [-0.3, -0.25) is 9.59 Å². The monoisotopic (exact) mass is 488 g/mol. The third-order valence-corrected chi connectivity index (χ3v) is 6.22. The Bertz CT molecular complexity index is 1040. The fraction of sp³-hybridized carbons (Fsp3) is 0.440. The van der Waals surface area contributed by atoms with Crippen LogP contribution in [0.3, 0.4) is 0 Å². The van der Waals surface area contributed by atoms with E-state index in [1.54, 1.807) is 32.9 Å². The second-order valence-corrected chi connectivity index (χ2v) is 9.36. The molecule has 34 heavy (non-hydrogen) atoms.